The van der Waals surface area contributed by atoms with Gasteiger partial charge in [-0.15, -0.1) is 0 Å². The first-order valence-electron chi connectivity index (χ1n) is 8.00. The van der Waals surface area contributed by atoms with Crippen molar-refractivity contribution in [3.05, 3.63) is 65.0 Å². The Morgan fingerprint density at radius 3 is 2.71 bits per heavy atom. The predicted octanol–water partition coefficient (Wildman–Crippen LogP) is 3.85. The largest absolute Gasteiger partial charge is 0.310 e. The number of fused-ring (bicyclic) bond motifs is 1. The maximum absolute atomic E-state index is 4.48. The lowest BCUT2D eigenvalue weighted by molar-refractivity contribution is 0.330. The normalized spacial score (nSPS) is 19.0. The highest BCUT2D eigenvalue weighted by molar-refractivity contribution is 5.31. The van der Waals surface area contributed by atoms with Crippen LogP contribution in [0.1, 0.15) is 41.8 Å². The fraction of sp³-hybridized carbons (Fsp3) is 0.421. The molecule has 2 aromatic rings. The van der Waals surface area contributed by atoms with E-state index in [-0.39, 0.29) is 0 Å². The quantitative estimate of drug-likeness (QED) is 0.920. The monoisotopic (exact) mass is 280 g/mol. The molecule has 110 valence electrons. The number of rotatable bonds is 4. The Labute approximate surface area is 127 Å². The minimum atomic E-state index is 0.413. The van der Waals surface area contributed by atoms with Gasteiger partial charge in [0.25, 0.3) is 0 Å². The average Bonchev–Trinajstić information content (AvgIpc) is 2.53. The molecular formula is C19H24N2. The molecule has 1 aromatic carbocycles. The Hall–Kier alpha value is -1.67. The van der Waals surface area contributed by atoms with E-state index in [9.17, 15) is 0 Å². The molecule has 21 heavy (non-hydrogen) atoms. The van der Waals surface area contributed by atoms with Gasteiger partial charge in [-0.05, 0) is 61.4 Å². The van der Waals surface area contributed by atoms with E-state index in [1.54, 1.807) is 0 Å². The van der Waals surface area contributed by atoms with Crippen LogP contribution >= 0.6 is 0 Å². The molecule has 1 heterocycles. The predicted molar refractivity (Wildman–Crippen MR) is 87.3 cm³/mol. The minimum absolute atomic E-state index is 0.413. The van der Waals surface area contributed by atoms with Gasteiger partial charge in [-0.3, -0.25) is 4.98 Å². The van der Waals surface area contributed by atoms with Crippen LogP contribution in [0.4, 0.5) is 0 Å². The zero-order valence-corrected chi connectivity index (χ0v) is 13.0. The van der Waals surface area contributed by atoms with Crippen LogP contribution in [0.5, 0.6) is 0 Å². The van der Waals surface area contributed by atoms with Crippen molar-refractivity contribution in [3.8, 4) is 0 Å². The molecule has 0 spiro atoms. The molecule has 2 unspecified atom stereocenters. The summed E-state index contributed by atoms with van der Waals surface area (Å²) in [6.07, 6.45) is 5.66. The molecule has 0 radical (unpaired) electrons. The van der Waals surface area contributed by atoms with E-state index in [4.69, 9.17) is 0 Å². The highest BCUT2D eigenvalue weighted by atomic mass is 14.9. The first-order valence-corrected chi connectivity index (χ1v) is 8.00. The molecule has 1 aliphatic carbocycles. The van der Waals surface area contributed by atoms with E-state index in [1.807, 2.05) is 13.1 Å². The van der Waals surface area contributed by atoms with Crippen LogP contribution in [-0.2, 0) is 12.8 Å². The second-order valence-electron chi connectivity index (χ2n) is 6.04. The van der Waals surface area contributed by atoms with Crippen molar-refractivity contribution in [1.82, 2.24) is 10.3 Å². The summed E-state index contributed by atoms with van der Waals surface area (Å²) in [5.41, 5.74) is 5.47. The van der Waals surface area contributed by atoms with E-state index in [0.29, 0.717) is 12.0 Å². The van der Waals surface area contributed by atoms with Crippen LogP contribution in [0.25, 0.3) is 0 Å². The second-order valence-corrected chi connectivity index (χ2v) is 6.04. The van der Waals surface area contributed by atoms with Crippen LogP contribution in [0.15, 0.2) is 42.6 Å². The fourth-order valence-corrected chi connectivity index (χ4v) is 3.45. The van der Waals surface area contributed by atoms with Gasteiger partial charge in [0.15, 0.2) is 0 Å². The molecule has 0 saturated heterocycles. The summed E-state index contributed by atoms with van der Waals surface area (Å²) in [7, 11) is 0. The number of hydrogen-bond acceptors (Lipinski definition) is 2. The number of benzene rings is 1. The molecule has 2 atom stereocenters. The summed E-state index contributed by atoms with van der Waals surface area (Å²) < 4.78 is 0. The van der Waals surface area contributed by atoms with Crippen LogP contribution < -0.4 is 5.32 Å². The van der Waals surface area contributed by atoms with E-state index in [1.165, 1.54) is 36.0 Å². The first-order chi connectivity index (χ1) is 10.3. The van der Waals surface area contributed by atoms with Crippen molar-refractivity contribution in [3.63, 3.8) is 0 Å². The molecule has 1 N–H and O–H groups in total. The summed E-state index contributed by atoms with van der Waals surface area (Å²) in [6, 6.07) is 13.7. The van der Waals surface area contributed by atoms with E-state index < -0.39 is 0 Å². The molecule has 0 saturated carbocycles. The number of pyridine rings is 1. The van der Waals surface area contributed by atoms with E-state index in [0.717, 1.165) is 12.2 Å². The summed E-state index contributed by atoms with van der Waals surface area (Å²) in [4.78, 5) is 4.48. The zero-order valence-electron chi connectivity index (χ0n) is 13.0. The lowest BCUT2D eigenvalue weighted by atomic mass is 9.78. The maximum atomic E-state index is 4.48. The van der Waals surface area contributed by atoms with Crippen molar-refractivity contribution in [2.24, 2.45) is 5.92 Å². The summed E-state index contributed by atoms with van der Waals surface area (Å²) in [5, 5.41) is 3.68. The van der Waals surface area contributed by atoms with Crippen LogP contribution in [0, 0.1) is 12.8 Å². The number of aromatic nitrogens is 1. The molecule has 3 rings (SSSR count). The molecule has 1 aromatic heterocycles. The van der Waals surface area contributed by atoms with E-state index >= 15 is 0 Å². The second kappa shape index (κ2) is 6.40. The lowest BCUT2D eigenvalue weighted by Crippen LogP contribution is -2.32. The molecule has 2 nitrogen and oxygen atoms in total. The Kier molecular flexibility index (Phi) is 4.35. The smallest absolute Gasteiger partial charge is 0.0372 e. The molecule has 0 amide bonds. The molecule has 0 fully saturated rings. The topological polar surface area (TPSA) is 24.9 Å². The van der Waals surface area contributed by atoms with Crippen molar-refractivity contribution >= 4 is 0 Å². The van der Waals surface area contributed by atoms with Crippen molar-refractivity contribution in [1.29, 1.82) is 0 Å². The number of nitrogens with one attached hydrogen (secondary N) is 1. The zero-order chi connectivity index (χ0) is 14.7. The third-order valence-corrected chi connectivity index (χ3v) is 4.57. The van der Waals surface area contributed by atoms with Gasteiger partial charge in [0.2, 0.25) is 0 Å². The molecular weight excluding hydrogens is 256 g/mol. The highest BCUT2D eigenvalue weighted by Crippen LogP contribution is 2.34. The number of hydrogen-bond donors (Lipinski definition) is 1. The lowest BCUT2D eigenvalue weighted by Gasteiger charge is -2.32. The SMILES string of the molecule is CCNC(c1ccc(C)nc1)C1CCc2ccccc2C1. The Balaban J connectivity index is 1.83. The van der Waals surface area contributed by atoms with Gasteiger partial charge >= 0.3 is 0 Å². The third-order valence-electron chi connectivity index (χ3n) is 4.57. The molecule has 1 aliphatic rings. The molecule has 0 aliphatic heterocycles. The minimum Gasteiger partial charge on any atom is -0.310 e. The standard InChI is InChI=1S/C19H24N2/c1-3-20-19(18-9-8-14(2)21-13-18)17-11-10-15-6-4-5-7-16(15)12-17/h4-9,13,17,19-20H,3,10-12H2,1-2H3. The van der Waals surface area contributed by atoms with Gasteiger partial charge in [-0.1, -0.05) is 37.3 Å². The van der Waals surface area contributed by atoms with Gasteiger partial charge in [-0.25, -0.2) is 0 Å². The Morgan fingerprint density at radius 1 is 1.19 bits per heavy atom. The van der Waals surface area contributed by atoms with Crippen molar-refractivity contribution in [2.45, 2.75) is 39.2 Å². The maximum Gasteiger partial charge on any atom is 0.0372 e. The van der Waals surface area contributed by atoms with Gasteiger partial charge in [-0.2, -0.15) is 0 Å². The highest BCUT2D eigenvalue weighted by Gasteiger charge is 2.26. The summed E-state index contributed by atoms with van der Waals surface area (Å²) in [6.45, 7) is 5.23. The fourth-order valence-electron chi connectivity index (χ4n) is 3.45. The first kappa shape index (κ1) is 14.3. The van der Waals surface area contributed by atoms with Gasteiger partial charge in [0.05, 0.1) is 0 Å². The van der Waals surface area contributed by atoms with E-state index in [2.05, 4.69) is 53.6 Å². The number of aryl methyl sites for hydroxylation is 2. The van der Waals surface area contributed by atoms with Crippen LogP contribution in [-0.4, -0.2) is 11.5 Å². The summed E-state index contributed by atoms with van der Waals surface area (Å²) in [5.74, 6) is 0.657. The van der Waals surface area contributed by atoms with Gasteiger partial charge in [0, 0.05) is 17.9 Å². The summed E-state index contributed by atoms with van der Waals surface area (Å²) >= 11 is 0. The molecule has 0 bridgehead atoms. The molecule has 2 heteroatoms. The average molecular weight is 280 g/mol. The van der Waals surface area contributed by atoms with Crippen molar-refractivity contribution in [2.75, 3.05) is 6.54 Å². The van der Waals surface area contributed by atoms with Crippen LogP contribution in [0.3, 0.4) is 0 Å². The Bertz CT molecular complexity index is 589. The van der Waals surface area contributed by atoms with Gasteiger partial charge in [0.1, 0.15) is 0 Å². The van der Waals surface area contributed by atoms with Gasteiger partial charge < -0.3 is 5.32 Å². The van der Waals surface area contributed by atoms with Crippen molar-refractivity contribution < 1.29 is 0 Å². The van der Waals surface area contributed by atoms with Crippen LogP contribution in [0.2, 0.25) is 0 Å². The number of nitrogens with zero attached hydrogens (tertiary/aromatic N) is 1. The third kappa shape index (κ3) is 3.16. The Morgan fingerprint density at radius 2 is 2.00 bits per heavy atom.